The Kier molecular flexibility index (Phi) is 5.66. The topological polar surface area (TPSA) is 78.5 Å². The second-order valence-corrected chi connectivity index (χ2v) is 5.31. The second kappa shape index (κ2) is 7.70. The summed E-state index contributed by atoms with van der Waals surface area (Å²) in [6, 6.07) is 8.07. The van der Waals surface area contributed by atoms with Gasteiger partial charge >= 0.3 is 0 Å². The first-order valence-electron chi connectivity index (χ1n) is 7.59. The Labute approximate surface area is 129 Å². The molecule has 1 heterocycles. The number of carbonyl (C=O) groups excluding carboxylic acids is 3. The van der Waals surface area contributed by atoms with Crippen LogP contribution in [0.5, 0.6) is 0 Å². The molecular formula is C16H21N3O3. The zero-order valence-corrected chi connectivity index (χ0v) is 12.7. The number of amides is 3. The van der Waals surface area contributed by atoms with Gasteiger partial charge in [-0.05, 0) is 18.6 Å². The molecule has 0 radical (unpaired) electrons. The highest BCUT2D eigenvalue weighted by molar-refractivity contribution is 6.22. The van der Waals surface area contributed by atoms with Crippen LogP contribution in [0.15, 0.2) is 30.3 Å². The van der Waals surface area contributed by atoms with Crippen molar-refractivity contribution in [2.75, 3.05) is 4.90 Å². The smallest absolute Gasteiger partial charge is 0.253 e. The highest BCUT2D eigenvalue weighted by Crippen LogP contribution is 2.21. The summed E-state index contributed by atoms with van der Waals surface area (Å²) in [6.07, 6.45) is 3.32. The normalized spacial score (nSPS) is 17.9. The number of para-hydroxylation sites is 1. The quantitative estimate of drug-likeness (QED) is 0.455. The number of benzene rings is 1. The number of unbranched alkanes of at least 4 members (excludes halogenated alkanes) is 2. The third-order valence-corrected chi connectivity index (χ3v) is 3.55. The number of rotatable bonds is 7. The lowest BCUT2D eigenvalue weighted by Crippen LogP contribution is -2.48. The molecule has 1 aliphatic rings. The molecule has 0 aliphatic carbocycles. The van der Waals surface area contributed by atoms with Gasteiger partial charge in [-0.1, -0.05) is 38.0 Å². The van der Waals surface area contributed by atoms with E-state index < -0.39 is 6.04 Å². The van der Waals surface area contributed by atoms with Crippen LogP contribution in [-0.4, -0.2) is 23.8 Å². The Bertz CT molecular complexity index is 545. The molecule has 0 unspecified atom stereocenters. The van der Waals surface area contributed by atoms with E-state index in [4.69, 9.17) is 0 Å². The van der Waals surface area contributed by atoms with E-state index >= 15 is 0 Å². The van der Waals surface area contributed by atoms with Crippen molar-refractivity contribution in [1.29, 1.82) is 0 Å². The maximum Gasteiger partial charge on any atom is 0.253 e. The van der Waals surface area contributed by atoms with Crippen LogP contribution in [0.4, 0.5) is 5.69 Å². The highest BCUT2D eigenvalue weighted by Gasteiger charge is 2.39. The first-order chi connectivity index (χ1) is 10.6. The van der Waals surface area contributed by atoms with Crippen LogP contribution in [0.1, 0.15) is 39.0 Å². The Morgan fingerprint density at radius 1 is 1.23 bits per heavy atom. The van der Waals surface area contributed by atoms with Crippen molar-refractivity contribution in [2.45, 2.75) is 45.1 Å². The number of hydrogen-bond donors (Lipinski definition) is 2. The summed E-state index contributed by atoms with van der Waals surface area (Å²) in [4.78, 5) is 37.1. The molecular weight excluding hydrogens is 282 g/mol. The van der Waals surface area contributed by atoms with Crippen LogP contribution >= 0.6 is 0 Å². The number of hydrazine groups is 1. The SMILES string of the molecule is CCCCCC(=O)NN[C@@H]1CC(=O)N(c2ccccc2)C1=O. The number of nitrogens with zero attached hydrogens (tertiary/aromatic N) is 1. The lowest BCUT2D eigenvalue weighted by Gasteiger charge is -2.15. The average molecular weight is 303 g/mol. The Morgan fingerprint density at radius 2 is 1.95 bits per heavy atom. The summed E-state index contributed by atoms with van der Waals surface area (Å²) < 4.78 is 0. The van der Waals surface area contributed by atoms with Crippen molar-refractivity contribution < 1.29 is 14.4 Å². The van der Waals surface area contributed by atoms with E-state index in [-0.39, 0.29) is 24.1 Å². The van der Waals surface area contributed by atoms with Crippen molar-refractivity contribution in [3.05, 3.63) is 30.3 Å². The predicted octanol–water partition coefficient (Wildman–Crippen LogP) is 1.52. The second-order valence-electron chi connectivity index (χ2n) is 5.31. The molecule has 1 aromatic carbocycles. The molecule has 1 fully saturated rings. The molecule has 1 atom stereocenters. The van der Waals surface area contributed by atoms with E-state index in [9.17, 15) is 14.4 Å². The molecule has 118 valence electrons. The minimum Gasteiger partial charge on any atom is -0.291 e. The van der Waals surface area contributed by atoms with Crippen molar-refractivity contribution >= 4 is 23.4 Å². The minimum absolute atomic E-state index is 0.0446. The van der Waals surface area contributed by atoms with E-state index in [1.807, 2.05) is 6.07 Å². The summed E-state index contributed by atoms with van der Waals surface area (Å²) in [6.45, 7) is 2.07. The van der Waals surface area contributed by atoms with Gasteiger partial charge in [0.05, 0.1) is 12.1 Å². The molecule has 1 aliphatic heterocycles. The van der Waals surface area contributed by atoms with Crippen molar-refractivity contribution in [3.63, 3.8) is 0 Å². The van der Waals surface area contributed by atoms with Gasteiger partial charge in [-0.2, -0.15) is 0 Å². The van der Waals surface area contributed by atoms with E-state index in [1.54, 1.807) is 24.3 Å². The largest absolute Gasteiger partial charge is 0.291 e. The molecule has 1 saturated heterocycles. The molecule has 6 heteroatoms. The van der Waals surface area contributed by atoms with E-state index in [1.165, 1.54) is 0 Å². The minimum atomic E-state index is -0.706. The van der Waals surface area contributed by atoms with Crippen molar-refractivity contribution in [3.8, 4) is 0 Å². The number of imide groups is 1. The van der Waals surface area contributed by atoms with Gasteiger partial charge in [-0.15, -0.1) is 0 Å². The molecule has 0 bridgehead atoms. The number of carbonyl (C=O) groups is 3. The lowest BCUT2D eigenvalue weighted by molar-refractivity contribution is -0.123. The summed E-state index contributed by atoms with van der Waals surface area (Å²) in [5.41, 5.74) is 5.75. The summed E-state index contributed by atoms with van der Waals surface area (Å²) in [7, 11) is 0. The van der Waals surface area contributed by atoms with Gasteiger partial charge in [0.15, 0.2) is 0 Å². The van der Waals surface area contributed by atoms with Gasteiger partial charge in [-0.3, -0.25) is 19.8 Å². The van der Waals surface area contributed by atoms with Crippen molar-refractivity contribution in [1.82, 2.24) is 10.9 Å². The lowest BCUT2D eigenvalue weighted by atomic mass is 10.2. The fourth-order valence-corrected chi connectivity index (χ4v) is 2.36. The third kappa shape index (κ3) is 3.92. The van der Waals surface area contributed by atoms with E-state index in [0.29, 0.717) is 12.1 Å². The summed E-state index contributed by atoms with van der Waals surface area (Å²) >= 11 is 0. The van der Waals surface area contributed by atoms with Gasteiger partial charge in [0.25, 0.3) is 5.91 Å². The van der Waals surface area contributed by atoms with Crippen LogP contribution < -0.4 is 15.8 Å². The molecule has 1 aromatic rings. The molecule has 0 aromatic heterocycles. The van der Waals surface area contributed by atoms with Gasteiger partial charge < -0.3 is 0 Å². The molecule has 2 N–H and O–H groups in total. The van der Waals surface area contributed by atoms with E-state index in [0.717, 1.165) is 24.2 Å². The van der Waals surface area contributed by atoms with Crippen LogP contribution in [0.2, 0.25) is 0 Å². The van der Waals surface area contributed by atoms with Crippen LogP contribution in [-0.2, 0) is 14.4 Å². The van der Waals surface area contributed by atoms with E-state index in [2.05, 4.69) is 17.8 Å². The van der Waals surface area contributed by atoms with Crippen molar-refractivity contribution in [2.24, 2.45) is 0 Å². The fraction of sp³-hybridized carbons (Fsp3) is 0.438. The Hall–Kier alpha value is -2.21. The standard InChI is InChI=1S/C16H21N3O3/c1-2-3-5-10-14(20)18-17-13-11-15(21)19(16(13)22)12-8-6-4-7-9-12/h4,6-9,13,17H,2-3,5,10-11H2,1H3,(H,18,20)/t13-/m1/s1. The maximum absolute atomic E-state index is 12.3. The van der Waals surface area contributed by atoms with Crippen LogP contribution in [0.25, 0.3) is 0 Å². The summed E-state index contributed by atoms with van der Waals surface area (Å²) in [5.74, 6) is -0.772. The van der Waals surface area contributed by atoms with Crippen LogP contribution in [0.3, 0.4) is 0 Å². The van der Waals surface area contributed by atoms with Crippen LogP contribution in [0, 0.1) is 0 Å². The number of anilines is 1. The van der Waals surface area contributed by atoms with Gasteiger partial charge in [0.2, 0.25) is 11.8 Å². The monoisotopic (exact) mass is 303 g/mol. The predicted molar refractivity (Wildman–Crippen MR) is 82.8 cm³/mol. The third-order valence-electron chi connectivity index (χ3n) is 3.55. The molecule has 0 saturated carbocycles. The Balaban J connectivity index is 1.88. The van der Waals surface area contributed by atoms with Gasteiger partial charge in [-0.25, -0.2) is 10.3 Å². The molecule has 2 rings (SSSR count). The summed E-state index contributed by atoms with van der Waals surface area (Å²) in [5, 5.41) is 0. The molecule has 22 heavy (non-hydrogen) atoms. The zero-order chi connectivity index (χ0) is 15.9. The van der Waals surface area contributed by atoms with Gasteiger partial charge in [0, 0.05) is 6.42 Å². The molecule has 3 amide bonds. The van der Waals surface area contributed by atoms with Gasteiger partial charge in [0.1, 0.15) is 6.04 Å². The zero-order valence-electron chi connectivity index (χ0n) is 12.7. The maximum atomic E-state index is 12.3. The number of hydrogen-bond acceptors (Lipinski definition) is 4. The molecule has 6 nitrogen and oxygen atoms in total. The highest BCUT2D eigenvalue weighted by atomic mass is 16.2. The average Bonchev–Trinajstić information content (AvgIpc) is 2.80. The Morgan fingerprint density at radius 3 is 2.64 bits per heavy atom. The fourth-order valence-electron chi connectivity index (χ4n) is 2.36. The molecule has 0 spiro atoms. The first kappa shape index (κ1) is 16.2. The first-order valence-corrected chi connectivity index (χ1v) is 7.59. The number of nitrogens with one attached hydrogen (secondary N) is 2.